The minimum atomic E-state index is -0.317. The second-order valence-corrected chi connectivity index (χ2v) is 6.09. The molecular formula is C19H19F2NO2. The number of amides is 1. The molecule has 0 aliphatic carbocycles. The van der Waals surface area contributed by atoms with Crippen LogP contribution in [0.5, 0.6) is 0 Å². The van der Waals surface area contributed by atoms with Crippen LogP contribution in [0, 0.1) is 11.6 Å². The van der Waals surface area contributed by atoms with E-state index in [1.165, 1.54) is 24.3 Å². The van der Waals surface area contributed by atoms with Crippen molar-refractivity contribution >= 4 is 5.91 Å². The molecule has 1 amide bonds. The van der Waals surface area contributed by atoms with Crippen molar-refractivity contribution in [1.82, 2.24) is 4.90 Å². The van der Waals surface area contributed by atoms with Crippen LogP contribution in [0.25, 0.3) is 0 Å². The average molecular weight is 331 g/mol. The summed E-state index contributed by atoms with van der Waals surface area (Å²) in [5, 5.41) is 0. The van der Waals surface area contributed by atoms with E-state index in [0.29, 0.717) is 13.1 Å². The van der Waals surface area contributed by atoms with E-state index in [1.807, 2.05) is 6.92 Å². The number of rotatable bonds is 3. The smallest absolute Gasteiger partial charge is 0.227 e. The largest absolute Gasteiger partial charge is 0.367 e. The van der Waals surface area contributed by atoms with Crippen molar-refractivity contribution in [1.29, 1.82) is 0 Å². The lowest BCUT2D eigenvalue weighted by atomic mass is 10.1. The molecule has 0 aromatic heterocycles. The van der Waals surface area contributed by atoms with Crippen molar-refractivity contribution in [3.63, 3.8) is 0 Å². The van der Waals surface area contributed by atoms with E-state index in [1.54, 1.807) is 29.2 Å². The van der Waals surface area contributed by atoms with Gasteiger partial charge in [0.25, 0.3) is 0 Å². The molecule has 126 valence electrons. The fourth-order valence-corrected chi connectivity index (χ4v) is 2.91. The molecule has 0 saturated carbocycles. The zero-order valence-corrected chi connectivity index (χ0v) is 13.4. The summed E-state index contributed by atoms with van der Waals surface area (Å²) >= 11 is 0. The topological polar surface area (TPSA) is 29.5 Å². The first-order valence-electron chi connectivity index (χ1n) is 7.94. The molecule has 1 heterocycles. The van der Waals surface area contributed by atoms with Gasteiger partial charge in [0.05, 0.1) is 19.1 Å². The minimum absolute atomic E-state index is 0.0242. The standard InChI is InChI=1S/C19H19F2NO2/c1-13-11-22(19(23)10-14-2-6-16(20)7-3-14)12-18(24-13)15-4-8-17(21)9-5-15/h2-9,13,18H,10-12H2,1H3. The molecule has 2 unspecified atom stereocenters. The van der Waals surface area contributed by atoms with Gasteiger partial charge in [-0.2, -0.15) is 0 Å². The predicted molar refractivity (Wildman–Crippen MR) is 86.4 cm³/mol. The van der Waals surface area contributed by atoms with Crippen LogP contribution < -0.4 is 0 Å². The molecule has 3 nitrogen and oxygen atoms in total. The van der Waals surface area contributed by atoms with Crippen molar-refractivity contribution in [2.75, 3.05) is 13.1 Å². The molecule has 2 aromatic rings. The van der Waals surface area contributed by atoms with Crippen LogP contribution in [0.2, 0.25) is 0 Å². The summed E-state index contributed by atoms with van der Waals surface area (Å²) < 4.78 is 31.9. The maximum Gasteiger partial charge on any atom is 0.227 e. The van der Waals surface area contributed by atoms with E-state index in [-0.39, 0.29) is 36.2 Å². The van der Waals surface area contributed by atoms with Gasteiger partial charge in [0, 0.05) is 6.54 Å². The maximum atomic E-state index is 13.1. The Morgan fingerprint density at radius 1 is 1.04 bits per heavy atom. The van der Waals surface area contributed by atoms with Crippen LogP contribution in [0.1, 0.15) is 24.2 Å². The van der Waals surface area contributed by atoms with E-state index >= 15 is 0 Å². The van der Waals surface area contributed by atoms with Crippen molar-refractivity contribution in [2.24, 2.45) is 0 Å². The lowest BCUT2D eigenvalue weighted by Gasteiger charge is -2.37. The molecule has 0 radical (unpaired) electrons. The lowest BCUT2D eigenvalue weighted by molar-refractivity contribution is -0.144. The van der Waals surface area contributed by atoms with Gasteiger partial charge >= 0.3 is 0 Å². The van der Waals surface area contributed by atoms with Crippen molar-refractivity contribution < 1.29 is 18.3 Å². The van der Waals surface area contributed by atoms with E-state index in [0.717, 1.165) is 11.1 Å². The monoisotopic (exact) mass is 331 g/mol. The summed E-state index contributed by atoms with van der Waals surface area (Å²) in [5.74, 6) is -0.640. The van der Waals surface area contributed by atoms with Gasteiger partial charge in [-0.05, 0) is 42.3 Å². The highest BCUT2D eigenvalue weighted by Gasteiger charge is 2.29. The van der Waals surface area contributed by atoms with Gasteiger partial charge in [0.2, 0.25) is 5.91 Å². The molecule has 24 heavy (non-hydrogen) atoms. The molecule has 2 aromatic carbocycles. The number of carbonyl (C=O) groups excluding carboxylic acids is 1. The maximum absolute atomic E-state index is 13.1. The number of hydrogen-bond acceptors (Lipinski definition) is 2. The van der Waals surface area contributed by atoms with Gasteiger partial charge in [-0.3, -0.25) is 4.79 Å². The van der Waals surface area contributed by atoms with Crippen LogP contribution in [0.4, 0.5) is 8.78 Å². The highest BCUT2D eigenvalue weighted by atomic mass is 19.1. The Balaban J connectivity index is 1.69. The first-order valence-corrected chi connectivity index (χ1v) is 7.94. The van der Waals surface area contributed by atoms with Gasteiger partial charge in [-0.15, -0.1) is 0 Å². The number of benzene rings is 2. The summed E-state index contributed by atoms with van der Waals surface area (Å²) in [7, 11) is 0. The Bertz CT molecular complexity index is 700. The third-order valence-corrected chi connectivity index (χ3v) is 4.12. The molecule has 1 aliphatic heterocycles. The quantitative estimate of drug-likeness (QED) is 0.861. The second kappa shape index (κ2) is 7.09. The molecule has 0 spiro atoms. The Morgan fingerprint density at radius 3 is 2.25 bits per heavy atom. The second-order valence-electron chi connectivity index (χ2n) is 6.09. The zero-order chi connectivity index (χ0) is 17.1. The number of nitrogens with zero attached hydrogens (tertiary/aromatic N) is 1. The van der Waals surface area contributed by atoms with Crippen molar-refractivity contribution in [2.45, 2.75) is 25.6 Å². The number of hydrogen-bond donors (Lipinski definition) is 0. The first-order chi connectivity index (χ1) is 11.5. The number of carbonyl (C=O) groups is 1. The molecule has 0 N–H and O–H groups in total. The van der Waals surface area contributed by atoms with Crippen LogP contribution in [-0.4, -0.2) is 30.0 Å². The highest BCUT2D eigenvalue weighted by molar-refractivity contribution is 5.79. The minimum Gasteiger partial charge on any atom is -0.367 e. The van der Waals surface area contributed by atoms with Gasteiger partial charge in [-0.1, -0.05) is 24.3 Å². The Morgan fingerprint density at radius 2 is 1.62 bits per heavy atom. The predicted octanol–water partition coefficient (Wildman–Crippen LogP) is 3.50. The average Bonchev–Trinajstić information content (AvgIpc) is 2.57. The lowest BCUT2D eigenvalue weighted by Crippen LogP contribution is -2.46. The Labute approximate surface area is 139 Å². The van der Waals surface area contributed by atoms with E-state index < -0.39 is 0 Å². The molecule has 1 fully saturated rings. The summed E-state index contributed by atoms with van der Waals surface area (Å²) in [6.07, 6.45) is -0.152. The van der Waals surface area contributed by atoms with Gasteiger partial charge in [-0.25, -0.2) is 8.78 Å². The third kappa shape index (κ3) is 3.97. The number of halogens is 2. The fraction of sp³-hybridized carbons (Fsp3) is 0.316. The number of morpholine rings is 1. The molecule has 3 rings (SSSR count). The van der Waals surface area contributed by atoms with Gasteiger partial charge < -0.3 is 9.64 Å². The third-order valence-electron chi connectivity index (χ3n) is 4.12. The SMILES string of the molecule is CC1CN(C(=O)Cc2ccc(F)cc2)CC(c2ccc(F)cc2)O1. The molecule has 2 atom stereocenters. The molecular weight excluding hydrogens is 312 g/mol. The zero-order valence-electron chi connectivity index (χ0n) is 13.4. The molecule has 1 saturated heterocycles. The van der Waals surface area contributed by atoms with Crippen LogP contribution >= 0.6 is 0 Å². The molecule has 0 bridgehead atoms. The van der Waals surface area contributed by atoms with Crippen LogP contribution in [-0.2, 0) is 16.0 Å². The van der Waals surface area contributed by atoms with Crippen molar-refractivity contribution in [3.8, 4) is 0 Å². The fourth-order valence-electron chi connectivity index (χ4n) is 2.91. The summed E-state index contributed by atoms with van der Waals surface area (Å²) in [6.45, 7) is 2.85. The van der Waals surface area contributed by atoms with Gasteiger partial charge in [0.15, 0.2) is 0 Å². The summed E-state index contributed by atoms with van der Waals surface area (Å²) in [5.41, 5.74) is 1.63. The van der Waals surface area contributed by atoms with Gasteiger partial charge in [0.1, 0.15) is 17.7 Å². The van der Waals surface area contributed by atoms with Crippen molar-refractivity contribution in [3.05, 3.63) is 71.3 Å². The normalized spacial score (nSPS) is 20.9. The van der Waals surface area contributed by atoms with Crippen LogP contribution in [0.3, 0.4) is 0 Å². The summed E-state index contributed by atoms with van der Waals surface area (Å²) in [6, 6.07) is 12.1. The van der Waals surface area contributed by atoms with E-state index in [4.69, 9.17) is 4.74 Å². The van der Waals surface area contributed by atoms with E-state index in [9.17, 15) is 13.6 Å². The Kier molecular flexibility index (Phi) is 4.90. The van der Waals surface area contributed by atoms with E-state index in [2.05, 4.69) is 0 Å². The van der Waals surface area contributed by atoms with Crippen LogP contribution in [0.15, 0.2) is 48.5 Å². The molecule has 5 heteroatoms. The number of ether oxygens (including phenoxy) is 1. The summed E-state index contributed by atoms with van der Waals surface area (Å²) in [4.78, 5) is 14.3. The highest BCUT2D eigenvalue weighted by Crippen LogP contribution is 2.26. The Hall–Kier alpha value is -2.27. The first kappa shape index (κ1) is 16.6. The molecule has 1 aliphatic rings.